The molecule has 2 aliphatic carbocycles. The van der Waals surface area contributed by atoms with E-state index >= 15 is 0 Å². The molecule has 2 amide bonds. The number of nitrogens with zero attached hydrogens (tertiary/aromatic N) is 1. The minimum Gasteiger partial charge on any atom is -0.327 e. The molecule has 0 aliphatic heterocycles. The third-order valence-corrected chi connectivity index (χ3v) is 5.78. The Kier molecular flexibility index (Phi) is 6.47. The van der Waals surface area contributed by atoms with Crippen LogP contribution in [0.2, 0.25) is 0 Å². The van der Waals surface area contributed by atoms with Gasteiger partial charge >= 0.3 is 0 Å². The second-order valence-electron chi connectivity index (χ2n) is 7.28. The molecular formula is C19H28ClN3O2. The van der Waals surface area contributed by atoms with Gasteiger partial charge in [0.05, 0.1) is 11.4 Å². The van der Waals surface area contributed by atoms with Crippen LogP contribution < -0.4 is 16.0 Å². The number of rotatable bonds is 3. The fraction of sp³-hybridized carbons (Fsp3) is 0.579. The van der Waals surface area contributed by atoms with Crippen molar-refractivity contribution >= 4 is 35.6 Å². The topological polar surface area (TPSA) is 75.4 Å². The van der Waals surface area contributed by atoms with Crippen molar-refractivity contribution in [3.63, 3.8) is 0 Å². The minimum atomic E-state index is -0.0603. The van der Waals surface area contributed by atoms with Gasteiger partial charge in [-0.25, -0.2) is 0 Å². The fourth-order valence-electron chi connectivity index (χ4n) is 4.28. The number of fused-ring (bicyclic) bond motifs is 2. The van der Waals surface area contributed by atoms with Gasteiger partial charge in [0.15, 0.2) is 0 Å². The third-order valence-electron chi connectivity index (χ3n) is 5.78. The summed E-state index contributed by atoms with van der Waals surface area (Å²) in [6.45, 7) is 1.52. The monoisotopic (exact) mass is 365 g/mol. The van der Waals surface area contributed by atoms with Crippen molar-refractivity contribution in [2.45, 2.75) is 45.1 Å². The Morgan fingerprint density at radius 1 is 1.16 bits per heavy atom. The second kappa shape index (κ2) is 8.19. The van der Waals surface area contributed by atoms with Gasteiger partial charge in [-0.2, -0.15) is 0 Å². The molecule has 0 spiro atoms. The molecule has 1 aromatic carbocycles. The first-order chi connectivity index (χ1) is 11.5. The van der Waals surface area contributed by atoms with Crippen LogP contribution in [0.5, 0.6) is 0 Å². The Morgan fingerprint density at radius 3 is 2.36 bits per heavy atom. The SMILES string of the molecule is CC(=O)N(C)c1ccccc1NC(=O)C1CC2CCCC(C1)C2N.Cl. The number of hydrogen-bond donors (Lipinski definition) is 2. The summed E-state index contributed by atoms with van der Waals surface area (Å²) < 4.78 is 0. The maximum atomic E-state index is 12.8. The van der Waals surface area contributed by atoms with Crippen molar-refractivity contribution in [3.8, 4) is 0 Å². The van der Waals surface area contributed by atoms with Crippen LogP contribution in [0.4, 0.5) is 11.4 Å². The van der Waals surface area contributed by atoms with Crippen LogP contribution in [0.25, 0.3) is 0 Å². The number of amides is 2. The van der Waals surface area contributed by atoms with Crippen molar-refractivity contribution in [1.29, 1.82) is 0 Å². The number of nitrogens with one attached hydrogen (secondary N) is 1. The molecule has 2 saturated carbocycles. The third kappa shape index (κ3) is 4.15. The lowest BCUT2D eigenvalue weighted by Gasteiger charge is -2.43. The highest BCUT2D eigenvalue weighted by atomic mass is 35.5. The molecule has 0 aromatic heterocycles. The van der Waals surface area contributed by atoms with Gasteiger partial charge in [-0.15, -0.1) is 12.4 Å². The van der Waals surface area contributed by atoms with E-state index in [4.69, 9.17) is 5.73 Å². The smallest absolute Gasteiger partial charge is 0.227 e. The molecule has 1 aromatic rings. The lowest BCUT2D eigenvalue weighted by Crippen LogP contribution is -2.48. The molecule has 2 fully saturated rings. The van der Waals surface area contributed by atoms with E-state index in [1.807, 2.05) is 24.3 Å². The number of para-hydroxylation sites is 2. The van der Waals surface area contributed by atoms with Crippen LogP contribution in [-0.4, -0.2) is 24.9 Å². The summed E-state index contributed by atoms with van der Waals surface area (Å²) in [6.07, 6.45) is 5.29. The molecule has 0 saturated heterocycles. The molecule has 0 radical (unpaired) electrons. The maximum absolute atomic E-state index is 12.8. The van der Waals surface area contributed by atoms with E-state index < -0.39 is 0 Å². The Balaban J connectivity index is 0.00000225. The van der Waals surface area contributed by atoms with E-state index in [9.17, 15) is 9.59 Å². The van der Waals surface area contributed by atoms with Gasteiger partial charge in [0, 0.05) is 25.9 Å². The summed E-state index contributed by atoms with van der Waals surface area (Å²) in [5.74, 6) is 0.973. The predicted octanol–water partition coefficient (Wildman–Crippen LogP) is 3.18. The van der Waals surface area contributed by atoms with E-state index in [1.165, 1.54) is 13.3 Å². The number of anilines is 2. The van der Waals surface area contributed by atoms with E-state index in [1.54, 1.807) is 11.9 Å². The van der Waals surface area contributed by atoms with Crippen molar-refractivity contribution in [2.24, 2.45) is 23.5 Å². The van der Waals surface area contributed by atoms with Gasteiger partial charge < -0.3 is 16.0 Å². The summed E-state index contributed by atoms with van der Waals surface area (Å²) in [5, 5.41) is 3.05. The maximum Gasteiger partial charge on any atom is 0.227 e. The van der Waals surface area contributed by atoms with E-state index in [0.29, 0.717) is 17.5 Å². The number of halogens is 1. The minimum absolute atomic E-state index is 0. The largest absolute Gasteiger partial charge is 0.327 e. The average Bonchev–Trinajstić information content (AvgIpc) is 2.54. The van der Waals surface area contributed by atoms with Crippen LogP contribution >= 0.6 is 12.4 Å². The molecule has 3 N–H and O–H groups in total. The van der Waals surface area contributed by atoms with Crippen LogP contribution in [-0.2, 0) is 9.59 Å². The van der Waals surface area contributed by atoms with Crippen LogP contribution in [0.3, 0.4) is 0 Å². The van der Waals surface area contributed by atoms with Crippen molar-refractivity contribution < 1.29 is 9.59 Å². The Bertz CT molecular complexity index is 623. The molecule has 25 heavy (non-hydrogen) atoms. The molecule has 2 bridgehead atoms. The summed E-state index contributed by atoms with van der Waals surface area (Å²) in [6, 6.07) is 7.71. The first-order valence-electron chi connectivity index (χ1n) is 8.87. The van der Waals surface area contributed by atoms with E-state index in [-0.39, 0.29) is 36.2 Å². The molecule has 5 nitrogen and oxygen atoms in total. The lowest BCUT2D eigenvalue weighted by atomic mass is 9.65. The molecule has 2 aliphatic rings. The van der Waals surface area contributed by atoms with Crippen LogP contribution in [0.15, 0.2) is 24.3 Å². The zero-order valence-electron chi connectivity index (χ0n) is 14.9. The Morgan fingerprint density at radius 2 is 1.76 bits per heavy atom. The van der Waals surface area contributed by atoms with Gasteiger partial charge in [-0.1, -0.05) is 18.6 Å². The molecule has 2 atom stereocenters. The molecule has 138 valence electrons. The van der Waals surface area contributed by atoms with Gasteiger partial charge in [-0.3, -0.25) is 9.59 Å². The number of carbonyl (C=O) groups excluding carboxylic acids is 2. The average molecular weight is 366 g/mol. The highest BCUT2D eigenvalue weighted by Gasteiger charge is 2.40. The number of nitrogens with two attached hydrogens (primary N) is 1. The Hall–Kier alpha value is -1.59. The second-order valence-corrected chi connectivity index (χ2v) is 7.28. The quantitative estimate of drug-likeness (QED) is 0.863. The lowest BCUT2D eigenvalue weighted by molar-refractivity contribution is -0.122. The molecule has 0 heterocycles. The van der Waals surface area contributed by atoms with Crippen LogP contribution in [0, 0.1) is 17.8 Å². The van der Waals surface area contributed by atoms with Gasteiger partial charge in [0.25, 0.3) is 0 Å². The summed E-state index contributed by atoms with van der Waals surface area (Å²) in [5.41, 5.74) is 7.74. The van der Waals surface area contributed by atoms with Crippen molar-refractivity contribution in [2.75, 3.05) is 17.3 Å². The fourth-order valence-corrected chi connectivity index (χ4v) is 4.28. The van der Waals surface area contributed by atoms with E-state index in [0.717, 1.165) is 31.4 Å². The zero-order chi connectivity index (χ0) is 17.3. The standard InChI is InChI=1S/C19H27N3O2.ClH/c1-12(23)22(2)17-9-4-3-8-16(17)21-19(24)15-10-13-6-5-7-14(11-15)18(13)20;/h3-4,8-9,13-15,18H,5-7,10-11,20H2,1-2H3,(H,21,24);1H. The number of benzene rings is 1. The molecular weight excluding hydrogens is 338 g/mol. The zero-order valence-corrected chi connectivity index (χ0v) is 15.7. The first kappa shape index (κ1) is 19.7. The number of carbonyl (C=O) groups is 2. The summed E-state index contributed by atoms with van der Waals surface area (Å²) in [4.78, 5) is 26.0. The first-order valence-corrected chi connectivity index (χ1v) is 8.87. The van der Waals surface area contributed by atoms with Crippen molar-refractivity contribution in [1.82, 2.24) is 0 Å². The van der Waals surface area contributed by atoms with E-state index in [2.05, 4.69) is 5.32 Å². The summed E-state index contributed by atoms with van der Waals surface area (Å²) >= 11 is 0. The number of hydrogen-bond acceptors (Lipinski definition) is 3. The molecule has 3 rings (SSSR count). The van der Waals surface area contributed by atoms with Crippen LogP contribution in [0.1, 0.15) is 39.0 Å². The predicted molar refractivity (Wildman–Crippen MR) is 103 cm³/mol. The normalized spacial score (nSPS) is 27.8. The highest BCUT2D eigenvalue weighted by Crippen LogP contribution is 2.42. The van der Waals surface area contributed by atoms with Gasteiger partial charge in [0.1, 0.15) is 0 Å². The van der Waals surface area contributed by atoms with Gasteiger partial charge in [-0.05, 0) is 49.7 Å². The molecule has 2 unspecified atom stereocenters. The van der Waals surface area contributed by atoms with Crippen molar-refractivity contribution in [3.05, 3.63) is 24.3 Å². The Labute approximate surface area is 155 Å². The van der Waals surface area contributed by atoms with Gasteiger partial charge in [0.2, 0.25) is 11.8 Å². The highest BCUT2D eigenvalue weighted by molar-refractivity contribution is 6.00. The summed E-state index contributed by atoms with van der Waals surface area (Å²) in [7, 11) is 1.72. The molecule has 6 heteroatoms.